The summed E-state index contributed by atoms with van der Waals surface area (Å²) in [4.78, 5) is 38.9. The lowest BCUT2D eigenvalue weighted by Crippen LogP contribution is -2.42. The lowest BCUT2D eigenvalue weighted by Gasteiger charge is -2.19. The molecule has 0 spiro atoms. The van der Waals surface area contributed by atoms with E-state index in [2.05, 4.69) is 50.4 Å². The first kappa shape index (κ1) is 18.4. The summed E-state index contributed by atoms with van der Waals surface area (Å²) < 4.78 is 0. The van der Waals surface area contributed by atoms with Gasteiger partial charge in [0.25, 0.3) is 5.91 Å². The van der Waals surface area contributed by atoms with Crippen molar-refractivity contribution in [2.75, 3.05) is 19.6 Å². The average molecular weight is 357 g/mol. The van der Waals surface area contributed by atoms with E-state index < -0.39 is 0 Å². The highest BCUT2D eigenvalue weighted by atomic mass is 16.2. The molecule has 26 heavy (non-hydrogen) atoms. The van der Waals surface area contributed by atoms with Crippen molar-refractivity contribution in [3.63, 3.8) is 0 Å². The Labute approximate surface area is 154 Å². The Morgan fingerprint density at radius 3 is 2.38 bits per heavy atom. The molecule has 1 aromatic rings. The molecule has 1 aliphatic carbocycles. The van der Waals surface area contributed by atoms with Crippen LogP contribution in [0.25, 0.3) is 0 Å². The fourth-order valence-corrected chi connectivity index (χ4v) is 3.10. The maximum absolute atomic E-state index is 12.2. The quantitative estimate of drug-likeness (QED) is 0.793. The van der Waals surface area contributed by atoms with Gasteiger partial charge in [0.1, 0.15) is 13.1 Å². The molecule has 3 rings (SSSR count). The molecule has 0 bridgehead atoms. The van der Waals surface area contributed by atoms with E-state index in [1.165, 1.54) is 5.56 Å². The molecule has 1 aromatic carbocycles. The lowest BCUT2D eigenvalue weighted by atomic mass is 9.86. The summed E-state index contributed by atoms with van der Waals surface area (Å²) in [7, 11) is 0. The molecule has 1 heterocycles. The Morgan fingerprint density at radius 2 is 1.81 bits per heavy atom. The van der Waals surface area contributed by atoms with E-state index in [0.717, 1.165) is 23.3 Å². The Morgan fingerprint density at radius 1 is 1.15 bits per heavy atom. The van der Waals surface area contributed by atoms with Crippen molar-refractivity contribution in [2.45, 2.75) is 51.5 Å². The topological polar surface area (TPSA) is 69.7 Å². The van der Waals surface area contributed by atoms with Gasteiger partial charge < -0.3 is 10.2 Å². The summed E-state index contributed by atoms with van der Waals surface area (Å²) in [5.41, 5.74) is 2.54. The van der Waals surface area contributed by atoms with E-state index in [9.17, 15) is 14.4 Å². The van der Waals surface area contributed by atoms with Gasteiger partial charge >= 0.3 is 6.03 Å². The van der Waals surface area contributed by atoms with E-state index in [1.54, 1.807) is 4.90 Å². The van der Waals surface area contributed by atoms with E-state index >= 15 is 0 Å². The second-order valence-corrected chi connectivity index (χ2v) is 8.17. The molecule has 4 amide bonds. The van der Waals surface area contributed by atoms with Crippen molar-refractivity contribution < 1.29 is 14.4 Å². The molecule has 0 unspecified atom stereocenters. The second kappa shape index (κ2) is 7.09. The zero-order chi connectivity index (χ0) is 18.9. The molecule has 0 radical (unpaired) electrons. The summed E-state index contributed by atoms with van der Waals surface area (Å²) in [6.07, 6.45) is 2.62. The molecule has 2 aliphatic rings. The standard InChI is InChI=1S/C20H27N3O3/c1-20(2,3)15-6-4-14(5-7-15)10-11-21-17(24)12-23-18(25)13-22(19(23)26)16-8-9-16/h4-7,16H,8-13H2,1-3H3,(H,21,24). The zero-order valence-electron chi connectivity index (χ0n) is 15.7. The van der Waals surface area contributed by atoms with Crippen LogP contribution in [-0.4, -0.2) is 53.3 Å². The highest BCUT2D eigenvalue weighted by Crippen LogP contribution is 2.30. The highest BCUT2D eigenvalue weighted by molar-refractivity contribution is 6.04. The zero-order valence-corrected chi connectivity index (χ0v) is 15.7. The number of hydrogen-bond donors (Lipinski definition) is 1. The van der Waals surface area contributed by atoms with Crippen LogP contribution in [0.2, 0.25) is 0 Å². The van der Waals surface area contributed by atoms with Crippen LogP contribution in [0.15, 0.2) is 24.3 Å². The van der Waals surface area contributed by atoms with Crippen molar-refractivity contribution in [3.05, 3.63) is 35.4 Å². The number of nitrogens with zero attached hydrogens (tertiary/aromatic N) is 2. The molecule has 0 aromatic heterocycles. The smallest absolute Gasteiger partial charge is 0.327 e. The van der Waals surface area contributed by atoms with E-state index in [1.807, 2.05) is 0 Å². The first-order valence-electron chi connectivity index (χ1n) is 9.23. The van der Waals surface area contributed by atoms with Crippen LogP contribution in [0.5, 0.6) is 0 Å². The SMILES string of the molecule is CC(C)(C)c1ccc(CCNC(=O)CN2C(=O)CN(C3CC3)C2=O)cc1. The molecule has 140 valence electrons. The van der Waals surface area contributed by atoms with E-state index in [0.29, 0.717) is 13.0 Å². The first-order valence-corrected chi connectivity index (χ1v) is 9.23. The van der Waals surface area contributed by atoms with Crippen LogP contribution >= 0.6 is 0 Å². The van der Waals surface area contributed by atoms with Crippen molar-refractivity contribution in [1.29, 1.82) is 0 Å². The molecule has 1 aliphatic heterocycles. The molecule has 0 atom stereocenters. The van der Waals surface area contributed by atoms with Gasteiger partial charge in [-0.1, -0.05) is 45.0 Å². The van der Waals surface area contributed by atoms with Gasteiger partial charge in [-0.25, -0.2) is 4.79 Å². The van der Waals surface area contributed by atoms with Crippen LogP contribution in [0.3, 0.4) is 0 Å². The monoisotopic (exact) mass is 357 g/mol. The number of nitrogens with one attached hydrogen (secondary N) is 1. The fourth-order valence-electron chi connectivity index (χ4n) is 3.10. The third-order valence-corrected chi connectivity index (χ3v) is 4.93. The van der Waals surface area contributed by atoms with Gasteiger partial charge in [0.05, 0.1) is 0 Å². The van der Waals surface area contributed by atoms with Gasteiger partial charge in [0, 0.05) is 12.6 Å². The minimum absolute atomic E-state index is 0.108. The van der Waals surface area contributed by atoms with Crippen molar-refractivity contribution in [3.8, 4) is 0 Å². The van der Waals surface area contributed by atoms with Crippen molar-refractivity contribution in [1.82, 2.24) is 15.1 Å². The number of carbonyl (C=O) groups is 3. The number of benzene rings is 1. The largest absolute Gasteiger partial charge is 0.354 e. The number of carbonyl (C=O) groups excluding carboxylic acids is 3. The van der Waals surface area contributed by atoms with Gasteiger partial charge in [0.15, 0.2) is 0 Å². The number of imide groups is 1. The Hall–Kier alpha value is -2.37. The summed E-state index contributed by atoms with van der Waals surface area (Å²) in [6.45, 7) is 6.92. The summed E-state index contributed by atoms with van der Waals surface area (Å²) >= 11 is 0. The Balaban J connectivity index is 1.44. The molecule has 2 fully saturated rings. The molecule has 1 saturated heterocycles. The number of amides is 4. The van der Waals surface area contributed by atoms with Crippen LogP contribution in [-0.2, 0) is 21.4 Å². The maximum Gasteiger partial charge on any atom is 0.327 e. The molecule has 6 heteroatoms. The van der Waals surface area contributed by atoms with Crippen LogP contribution in [0, 0.1) is 0 Å². The predicted molar refractivity (Wildman–Crippen MR) is 98.7 cm³/mol. The third kappa shape index (κ3) is 4.23. The highest BCUT2D eigenvalue weighted by Gasteiger charge is 2.44. The van der Waals surface area contributed by atoms with Crippen LogP contribution in [0.1, 0.15) is 44.7 Å². The Bertz CT molecular complexity index is 702. The minimum Gasteiger partial charge on any atom is -0.354 e. The third-order valence-electron chi connectivity index (χ3n) is 4.93. The normalized spacial score (nSPS) is 17.8. The molecular formula is C20H27N3O3. The molecule has 6 nitrogen and oxygen atoms in total. The maximum atomic E-state index is 12.2. The van der Waals surface area contributed by atoms with E-state index in [4.69, 9.17) is 0 Å². The lowest BCUT2D eigenvalue weighted by molar-refractivity contribution is -0.130. The van der Waals surface area contributed by atoms with E-state index in [-0.39, 0.29) is 42.4 Å². The van der Waals surface area contributed by atoms with Crippen molar-refractivity contribution in [2.24, 2.45) is 0 Å². The average Bonchev–Trinajstić information content (AvgIpc) is 3.37. The molecular weight excluding hydrogens is 330 g/mol. The van der Waals surface area contributed by atoms with Crippen molar-refractivity contribution >= 4 is 17.8 Å². The molecule has 1 N–H and O–H groups in total. The summed E-state index contributed by atoms with van der Waals surface area (Å²) in [6, 6.07) is 8.25. The number of hydrogen-bond acceptors (Lipinski definition) is 3. The first-order chi connectivity index (χ1) is 12.3. The molecule has 1 saturated carbocycles. The summed E-state index contributed by atoms with van der Waals surface area (Å²) in [5, 5.41) is 2.80. The summed E-state index contributed by atoms with van der Waals surface area (Å²) in [5.74, 6) is -0.578. The fraction of sp³-hybridized carbons (Fsp3) is 0.550. The number of urea groups is 1. The van der Waals surface area contributed by atoms with Crippen LogP contribution in [0.4, 0.5) is 4.79 Å². The van der Waals surface area contributed by atoms with Crippen LogP contribution < -0.4 is 5.32 Å². The Kier molecular flexibility index (Phi) is 5.03. The predicted octanol–water partition coefficient (Wildman–Crippen LogP) is 2.07. The number of rotatable bonds is 6. The van der Waals surface area contributed by atoms with Gasteiger partial charge in [-0.15, -0.1) is 0 Å². The van der Waals surface area contributed by atoms with Gasteiger partial charge in [0.2, 0.25) is 5.91 Å². The van der Waals surface area contributed by atoms with Gasteiger partial charge in [-0.05, 0) is 35.8 Å². The second-order valence-electron chi connectivity index (χ2n) is 8.17. The van der Waals surface area contributed by atoms with Gasteiger partial charge in [-0.3, -0.25) is 14.5 Å². The minimum atomic E-state index is -0.328. The van der Waals surface area contributed by atoms with Gasteiger partial charge in [-0.2, -0.15) is 0 Å².